The number of aryl methyl sites for hydroxylation is 3. The summed E-state index contributed by atoms with van der Waals surface area (Å²) < 4.78 is 0. The lowest BCUT2D eigenvalue weighted by Crippen LogP contribution is -2.50. The van der Waals surface area contributed by atoms with Crippen LogP contribution in [-0.4, -0.2) is 59.3 Å². The standard InChI is InChI=1S/C25H27ClN4O2S/c1-16-5-4-6-17(2)22(16)28-21(31)15-29-11-13-30(14-12-29)25(32)23-18(3)27-24(33-23)19-7-9-20(26)10-8-19/h4-10H,11-15H2,1-3H3,(H,28,31). The molecule has 0 unspecified atom stereocenters. The van der Waals surface area contributed by atoms with E-state index in [2.05, 4.69) is 15.2 Å². The van der Waals surface area contributed by atoms with Crippen molar-refractivity contribution < 1.29 is 9.59 Å². The van der Waals surface area contributed by atoms with Crippen LogP contribution in [0.1, 0.15) is 26.5 Å². The zero-order valence-corrected chi connectivity index (χ0v) is 20.6. The van der Waals surface area contributed by atoms with Crippen LogP contribution in [0.3, 0.4) is 0 Å². The minimum atomic E-state index is -0.0296. The number of benzene rings is 2. The molecular formula is C25H27ClN4O2S. The van der Waals surface area contributed by atoms with Gasteiger partial charge < -0.3 is 10.2 Å². The minimum Gasteiger partial charge on any atom is -0.335 e. The van der Waals surface area contributed by atoms with Gasteiger partial charge in [0.1, 0.15) is 9.88 Å². The summed E-state index contributed by atoms with van der Waals surface area (Å²) in [6, 6.07) is 13.4. The fourth-order valence-corrected chi connectivity index (χ4v) is 5.12. The van der Waals surface area contributed by atoms with Crippen molar-refractivity contribution in [2.75, 3.05) is 38.0 Å². The molecule has 0 radical (unpaired) electrons. The van der Waals surface area contributed by atoms with Gasteiger partial charge in [-0.25, -0.2) is 4.98 Å². The monoisotopic (exact) mass is 482 g/mol. The van der Waals surface area contributed by atoms with Crippen LogP contribution in [0.15, 0.2) is 42.5 Å². The molecule has 2 amide bonds. The summed E-state index contributed by atoms with van der Waals surface area (Å²) in [7, 11) is 0. The SMILES string of the molecule is Cc1cccc(C)c1NC(=O)CN1CCN(C(=O)c2sc(-c3ccc(Cl)cc3)nc2C)CC1. The average Bonchev–Trinajstić information content (AvgIpc) is 3.18. The Morgan fingerprint density at radius 3 is 2.27 bits per heavy atom. The number of thiazole rings is 1. The van der Waals surface area contributed by atoms with Gasteiger partial charge in [-0.15, -0.1) is 11.3 Å². The van der Waals surface area contributed by atoms with Gasteiger partial charge in [-0.2, -0.15) is 0 Å². The molecule has 1 fully saturated rings. The Balaban J connectivity index is 1.34. The van der Waals surface area contributed by atoms with E-state index in [4.69, 9.17) is 11.6 Å². The minimum absolute atomic E-state index is 0.00449. The second-order valence-electron chi connectivity index (χ2n) is 8.32. The lowest BCUT2D eigenvalue weighted by Gasteiger charge is -2.34. The first-order valence-corrected chi connectivity index (χ1v) is 12.1. The predicted molar refractivity (Wildman–Crippen MR) is 134 cm³/mol. The van der Waals surface area contributed by atoms with E-state index in [1.54, 1.807) is 0 Å². The first kappa shape index (κ1) is 23.4. The number of amides is 2. The molecule has 8 heteroatoms. The summed E-state index contributed by atoms with van der Waals surface area (Å²) in [5.41, 5.74) is 4.68. The quantitative estimate of drug-likeness (QED) is 0.568. The van der Waals surface area contributed by atoms with E-state index < -0.39 is 0 Å². The van der Waals surface area contributed by atoms with Gasteiger partial charge >= 0.3 is 0 Å². The van der Waals surface area contributed by atoms with Crippen LogP contribution >= 0.6 is 22.9 Å². The summed E-state index contributed by atoms with van der Waals surface area (Å²) in [5, 5.41) is 4.52. The Bertz CT molecular complexity index is 1150. The Kier molecular flexibility index (Phi) is 7.12. The van der Waals surface area contributed by atoms with Gasteiger partial charge in [0, 0.05) is 42.5 Å². The molecule has 33 heavy (non-hydrogen) atoms. The maximum atomic E-state index is 13.1. The van der Waals surface area contributed by atoms with E-state index in [0.29, 0.717) is 42.6 Å². The molecule has 1 saturated heterocycles. The largest absolute Gasteiger partial charge is 0.335 e. The Morgan fingerprint density at radius 2 is 1.64 bits per heavy atom. The van der Waals surface area contributed by atoms with Crippen molar-refractivity contribution >= 4 is 40.4 Å². The van der Waals surface area contributed by atoms with Gasteiger partial charge in [-0.05, 0) is 44.0 Å². The van der Waals surface area contributed by atoms with Gasteiger partial charge in [-0.1, -0.05) is 41.9 Å². The van der Waals surface area contributed by atoms with Crippen LogP contribution in [0.25, 0.3) is 10.6 Å². The Morgan fingerprint density at radius 1 is 1.00 bits per heavy atom. The number of nitrogens with one attached hydrogen (secondary N) is 1. The first-order chi connectivity index (χ1) is 15.8. The normalized spacial score (nSPS) is 14.4. The maximum absolute atomic E-state index is 13.1. The van der Waals surface area contributed by atoms with Crippen molar-refractivity contribution in [3.8, 4) is 10.6 Å². The molecule has 0 saturated carbocycles. The van der Waals surface area contributed by atoms with E-state index in [1.165, 1.54) is 11.3 Å². The van der Waals surface area contributed by atoms with Crippen molar-refractivity contribution in [1.82, 2.24) is 14.8 Å². The number of anilines is 1. The summed E-state index contributed by atoms with van der Waals surface area (Å²) in [6.07, 6.45) is 0. The molecule has 1 aromatic heterocycles. The number of carbonyl (C=O) groups is 2. The van der Waals surface area contributed by atoms with Crippen LogP contribution in [0.4, 0.5) is 5.69 Å². The highest BCUT2D eigenvalue weighted by Crippen LogP contribution is 2.30. The highest BCUT2D eigenvalue weighted by Gasteiger charge is 2.26. The van der Waals surface area contributed by atoms with Crippen molar-refractivity contribution in [3.63, 3.8) is 0 Å². The number of halogens is 1. The zero-order chi connectivity index (χ0) is 23.5. The number of carbonyl (C=O) groups excluding carboxylic acids is 2. The van der Waals surface area contributed by atoms with Gasteiger partial charge in [-0.3, -0.25) is 14.5 Å². The topological polar surface area (TPSA) is 65.5 Å². The molecule has 2 aromatic carbocycles. The maximum Gasteiger partial charge on any atom is 0.265 e. The second-order valence-corrected chi connectivity index (χ2v) is 9.76. The predicted octanol–water partition coefficient (Wildman–Crippen LogP) is 4.79. The van der Waals surface area contributed by atoms with E-state index in [1.807, 2.05) is 68.1 Å². The molecule has 0 bridgehead atoms. The first-order valence-electron chi connectivity index (χ1n) is 10.9. The lowest BCUT2D eigenvalue weighted by atomic mass is 10.1. The molecule has 0 spiro atoms. The number of piperazine rings is 1. The molecule has 1 aliphatic heterocycles. The fourth-order valence-electron chi connectivity index (χ4n) is 3.96. The van der Waals surface area contributed by atoms with Crippen LogP contribution < -0.4 is 5.32 Å². The van der Waals surface area contributed by atoms with Crippen molar-refractivity contribution in [1.29, 1.82) is 0 Å². The summed E-state index contributed by atoms with van der Waals surface area (Å²) in [6.45, 7) is 8.67. The highest BCUT2D eigenvalue weighted by molar-refractivity contribution is 7.17. The van der Waals surface area contributed by atoms with E-state index >= 15 is 0 Å². The Labute approximate surface area is 203 Å². The smallest absolute Gasteiger partial charge is 0.265 e. The molecule has 3 aromatic rings. The number of hydrogen-bond acceptors (Lipinski definition) is 5. The van der Waals surface area contributed by atoms with Gasteiger partial charge in [0.05, 0.1) is 12.2 Å². The number of para-hydroxylation sites is 1. The Hall–Kier alpha value is -2.74. The molecule has 6 nitrogen and oxygen atoms in total. The molecule has 4 rings (SSSR count). The number of aromatic nitrogens is 1. The van der Waals surface area contributed by atoms with Crippen LogP contribution in [0, 0.1) is 20.8 Å². The summed E-state index contributed by atoms with van der Waals surface area (Å²) in [4.78, 5) is 34.9. The van der Waals surface area contributed by atoms with Crippen molar-refractivity contribution in [2.45, 2.75) is 20.8 Å². The highest BCUT2D eigenvalue weighted by atomic mass is 35.5. The number of nitrogens with zero attached hydrogens (tertiary/aromatic N) is 3. The summed E-state index contributed by atoms with van der Waals surface area (Å²) in [5.74, 6) is -0.0251. The van der Waals surface area contributed by atoms with Gasteiger partial charge in [0.2, 0.25) is 5.91 Å². The summed E-state index contributed by atoms with van der Waals surface area (Å²) >= 11 is 7.39. The molecule has 0 aliphatic carbocycles. The van der Waals surface area contributed by atoms with Gasteiger partial charge in [0.15, 0.2) is 0 Å². The van der Waals surface area contributed by atoms with E-state index in [0.717, 1.165) is 33.1 Å². The third-order valence-electron chi connectivity index (χ3n) is 5.85. The molecular weight excluding hydrogens is 456 g/mol. The van der Waals surface area contributed by atoms with Crippen molar-refractivity contribution in [3.05, 3.63) is 69.2 Å². The van der Waals surface area contributed by atoms with E-state index in [-0.39, 0.29) is 11.8 Å². The second kappa shape index (κ2) is 10.0. The molecule has 1 N–H and O–H groups in total. The number of rotatable bonds is 5. The number of hydrogen-bond donors (Lipinski definition) is 1. The van der Waals surface area contributed by atoms with E-state index in [9.17, 15) is 9.59 Å². The average molecular weight is 483 g/mol. The van der Waals surface area contributed by atoms with Crippen molar-refractivity contribution in [2.24, 2.45) is 0 Å². The van der Waals surface area contributed by atoms with Crippen LogP contribution in [0.5, 0.6) is 0 Å². The molecule has 2 heterocycles. The molecule has 1 aliphatic rings. The molecule has 172 valence electrons. The van der Waals surface area contributed by atoms with Crippen LogP contribution in [-0.2, 0) is 4.79 Å². The third kappa shape index (κ3) is 5.43. The zero-order valence-electron chi connectivity index (χ0n) is 19.0. The fraction of sp³-hybridized carbons (Fsp3) is 0.320. The van der Waals surface area contributed by atoms with Crippen LogP contribution in [0.2, 0.25) is 5.02 Å². The lowest BCUT2D eigenvalue weighted by molar-refractivity contribution is -0.117. The third-order valence-corrected chi connectivity index (χ3v) is 7.30. The molecule has 0 atom stereocenters. The van der Waals surface area contributed by atoms with Gasteiger partial charge in [0.25, 0.3) is 5.91 Å².